The lowest BCUT2D eigenvalue weighted by Gasteiger charge is -2.36. The summed E-state index contributed by atoms with van der Waals surface area (Å²) in [6.45, 7) is 10.3. The molecular formula is C30H43N3O7. The molecule has 4 rings (SSSR count). The van der Waals surface area contributed by atoms with Crippen molar-refractivity contribution in [1.82, 2.24) is 9.80 Å². The standard InChI is InChI=1S/C26H37N3O3.C4H6O4/c1-21(2)31-25-10-7-6-9-24(25)28-17-15-27(16-18-28)19-22-12-13-23(32-22)20-29-14-8-4-3-5-11-26(29)30;5-3(6)1-2-4(7)8/h6-7,9-10,12-13,21H,3-5,8,11,14-20H2,1-2H3;1-2H2,(H,5,6)(H,7,8). The number of nitrogens with zero attached hydrogens (tertiary/aromatic N) is 3. The van der Waals surface area contributed by atoms with E-state index in [4.69, 9.17) is 19.4 Å². The van der Waals surface area contributed by atoms with Gasteiger partial charge in [-0.3, -0.25) is 19.3 Å². The molecule has 0 spiro atoms. The molecule has 2 aromatic rings. The summed E-state index contributed by atoms with van der Waals surface area (Å²) in [6.07, 6.45) is 4.74. The molecule has 1 aromatic heterocycles. The molecule has 0 bridgehead atoms. The maximum absolute atomic E-state index is 12.4. The summed E-state index contributed by atoms with van der Waals surface area (Å²) in [5.74, 6) is 0.953. The lowest BCUT2D eigenvalue weighted by molar-refractivity contribution is -0.143. The van der Waals surface area contributed by atoms with Crippen LogP contribution < -0.4 is 9.64 Å². The van der Waals surface area contributed by atoms with Crippen molar-refractivity contribution in [3.05, 3.63) is 47.9 Å². The van der Waals surface area contributed by atoms with Gasteiger partial charge in [-0.05, 0) is 51.0 Å². The van der Waals surface area contributed by atoms with E-state index in [0.29, 0.717) is 13.0 Å². The van der Waals surface area contributed by atoms with Crippen LogP contribution in [0.1, 0.15) is 70.3 Å². The average molecular weight is 558 g/mol. The predicted molar refractivity (Wildman–Crippen MR) is 151 cm³/mol. The van der Waals surface area contributed by atoms with E-state index in [9.17, 15) is 14.4 Å². The van der Waals surface area contributed by atoms with Crippen molar-refractivity contribution in [1.29, 1.82) is 0 Å². The van der Waals surface area contributed by atoms with E-state index < -0.39 is 11.9 Å². The molecule has 2 aliphatic rings. The van der Waals surface area contributed by atoms with E-state index in [1.807, 2.05) is 17.0 Å². The SMILES string of the molecule is CC(C)Oc1ccccc1N1CCN(Cc2ccc(CN3CCCCCCC3=O)o2)CC1.O=C(O)CCC(=O)O. The lowest BCUT2D eigenvalue weighted by Crippen LogP contribution is -2.46. The molecule has 2 aliphatic heterocycles. The maximum Gasteiger partial charge on any atom is 0.303 e. The van der Waals surface area contributed by atoms with Crippen molar-refractivity contribution in [2.75, 3.05) is 37.6 Å². The number of para-hydroxylation sites is 2. The quantitative estimate of drug-likeness (QED) is 0.431. The molecule has 1 aromatic carbocycles. The highest BCUT2D eigenvalue weighted by Gasteiger charge is 2.22. The van der Waals surface area contributed by atoms with E-state index in [1.165, 1.54) is 18.5 Å². The normalized spacial score (nSPS) is 16.6. The van der Waals surface area contributed by atoms with Crippen molar-refractivity contribution < 1.29 is 33.8 Å². The second-order valence-electron chi connectivity index (χ2n) is 10.5. The molecular weight excluding hydrogens is 514 g/mol. The molecule has 220 valence electrons. The van der Waals surface area contributed by atoms with Gasteiger partial charge in [-0.2, -0.15) is 0 Å². The second kappa shape index (κ2) is 15.9. The largest absolute Gasteiger partial charge is 0.489 e. The number of furan rings is 1. The van der Waals surface area contributed by atoms with Crippen molar-refractivity contribution in [2.24, 2.45) is 0 Å². The number of amides is 1. The number of piperazine rings is 1. The van der Waals surface area contributed by atoms with Gasteiger partial charge in [-0.1, -0.05) is 25.0 Å². The molecule has 0 aliphatic carbocycles. The fraction of sp³-hybridized carbons (Fsp3) is 0.567. The number of benzene rings is 1. The summed E-state index contributed by atoms with van der Waals surface area (Å²) < 4.78 is 12.1. The molecule has 0 atom stereocenters. The fourth-order valence-electron chi connectivity index (χ4n) is 4.82. The summed E-state index contributed by atoms with van der Waals surface area (Å²) in [5.41, 5.74) is 1.18. The first-order valence-electron chi connectivity index (χ1n) is 14.2. The lowest BCUT2D eigenvalue weighted by atomic mass is 10.1. The van der Waals surface area contributed by atoms with Crippen molar-refractivity contribution in [3.8, 4) is 5.75 Å². The summed E-state index contributed by atoms with van der Waals surface area (Å²) in [4.78, 5) is 38.5. The molecule has 10 heteroatoms. The van der Waals surface area contributed by atoms with E-state index in [2.05, 4.69) is 47.9 Å². The molecule has 2 saturated heterocycles. The number of carboxylic acids is 2. The number of carboxylic acid groups (broad SMARTS) is 2. The molecule has 10 nitrogen and oxygen atoms in total. The van der Waals surface area contributed by atoms with E-state index in [1.54, 1.807) is 0 Å². The Labute approximate surface area is 236 Å². The Balaban J connectivity index is 0.000000482. The monoisotopic (exact) mass is 557 g/mol. The number of carbonyl (C=O) groups is 3. The number of carbonyl (C=O) groups excluding carboxylic acids is 1. The van der Waals surface area contributed by atoms with Gasteiger partial charge in [0.25, 0.3) is 0 Å². The first-order valence-corrected chi connectivity index (χ1v) is 14.2. The number of rotatable bonds is 10. The predicted octanol–water partition coefficient (Wildman–Crippen LogP) is 4.62. The first kappa shape index (κ1) is 31.0. The van der Waals surface area contributed by atoms with Crippen LogP contribution in [0.15, 0.2) is 40.8 Å². The third-order valence-corrected chi connectivity index (χ3v) is 6.86. The zero-order chi connectivity index (χ0) is 28.9. The van der Waals surface area contributed by atoms with Gasteiger partial charge in [-0.15, -0.1) is 0 Å². The van der Waals surface area contributed by atoms with Gasteiger partial charge in [0.15, 0.2) is 0 Å². The number of likely N-dealkylation sites (tertiary alicyclic amines) is 1. The highest BCUT2D eigenvalue weighted by atomic mass is 16.5. The zero-order valence-corrected chi connectivity index (χ0v) is 23.7. The Hall–Kier alpha value is -3.53. The molecule has 0 unspecified atom stereocenters. The summed E-state index contributed by atoms with van der Waals surface area (Å²) in [7, 11) is 0. The Morgan fingerprint density at radius 2 is 1.48 bits per heavy atom. The maximum atomic E-state index is 12.4. The molecule has 1 amide bonds. The molecule has 40 heavy (non-hydrogen) atoms. The van der Waals surface area contributed by atoms with Crippen molar-refractivity contribution in [3.63, 3.8) is 0 Å². The van der Waals surface area contributed by atoms with Crippen molar-refractivity contribution >= 4 is 23.5 Å². The molecule has 3 heterocycles. The summed E-state index contributed by atoms with van der Waals surface area (Å²) >= 11 is 0. The zero-order valence-electron chi connectivity index (χ0n) is 23.7. The van der Waals surface area contributed by atoms with Crippen LogP contribution in [0.4, 0.5) is 5.69 Å². The van der Waals surface area contributed by atoms with Gasteiger partial charge in [0.1, 0.15) is 17.3 Å². The van der Waals surface area contributed by atoms with Gasteiger partial charge in [0.05, 0.1) is 37.7 Å². The molecule has 2 fully saturated rings. The Morgan fingerprint density at radius 3 is 2.12 bits per heavy atom. The van der Waals surface area contributed by atoms with Crippen LogP contribution in [-0.4, -0.2) is 76.7 Å². The van der Waals surface area contributed by atoms with Crippen LogP contribution in [0.25, 0.3) is 0 Å². The van der Waals surface area contributed by atoms with E-state index in [-0.39, 0.29) is 24.9 Å². The Morgan fingerprint density at radius 1 is 0.850 bits per heavy atom. The van der Waals surface area contributed by atoms with E-state index >= 15 is 0 Å². The summed E-state index contributed by atoms with van der Waals surface area (Å²) in [5, 5.41) is 15.8. The third-order valence-electron chi connectivity index (χ3n) is 6.86. The van der Waals surface area contributed by atoms with Crippen LogP contribution in [0.3, 0.4) is 0 Å². The second-order valence-corrected chi connectivity index (χ2v) is 10.5. The van der Waals surface area contributed by atoms with Gasteiger partial charge < -0.3 is 29.2 Å². The molecule has 0 saturated carbocycles. The van der Waals surface area contributed by atoms with Crippen LogP contribution in [-0.2, 0) is 27.5 Å². The minimum atomic E-state index is -1.08. The molecule has 0 radical (unpaired) electrons. The van der Waals surface area contributed by atoms with E-state index in [0.717, 1.165) is 69.4 Å². The van der Waals surface area contributed by atoms with Crippen LogP contribution in [0.5, 0.6) is 5.75 Å². The van der Waals surface area contributed by atoms with Gasteiger partial charge in [-0.25, -0.2) is 0 Å². The topological polar surface area (TPSA) is 124 Å². The van der Waals surface area contributed by atoms with Gasteiger partial charge in [0, 0.05) is 39.1 Å². The third kappa shape index (κ3) is 10.6. The number of hydrogen-bond acceptors (Lipinski definition) is 7. The smallest absolute Gasteiger partial charge is 0.303 e. The number of ether oxygens (including phenoxy) is 1. The van der Waals surface area contributed by atoms with Crippen LogP contribution in [0, 0.1) is 0 Å². The number of aliphatic carboxylic acids is 2. The molecule has 2 N–H and O–H groups in total. The number of hydrogen-bond donors (Lipinski definition) is 2. The van der Waals surface area contributed by atoms with Crippen LogP contribution >= 0.6 is 0 Å². The van der Waals surface area contributed by atoms with Gasteiger partial charge >= 0.3 is 11.9 Å². The Bertz CT molecular complexity index is 1080. The minimum Gasteiger partial charge on any atom is -0.489 e. The number of anilines is 1. The summed E-state index contributed by atoms with van der Waals surface area (Å²) in [6, 6.07) is 12.4. The highest BCUT2D eigenvalue weighted by Crippen LogP contribution is 2.30. The minimum absolute atomic E-state index is 0.166. The van der Waals surface area contributed by atoms with Crippen molar-refractivity contribution in [2.45, 2.75) is 78.0 Å². The first-order chi connectivity index (χ1) is 19.2. The van der Waals surface area contributed by atoms with Gasteiger partial charge in [0.2, 0.25) is 5.91 Å². The van der Waals surface area contributed by atoms with Crippen LogP contribution in [0.2, 0.25) is 0 Å². The highest BCUT2D eigenvalue weighted by molar-refractivity contribution is 5.76. The fourth-order valence-corrected chi connectivity index (χ4v) is 4.82. The average Bonchev–Trinajstić information content (AvgIpc) is 3.35. The Kier molecular flexibility index (Phi) is 12.3.